The molecule has 0 saturated carbocycles. The van der Waals surface area contributed by atoms with E-state index in [4.69, 9.17) is 9.47 Å². The Labute approximate surface area is 104 Å². The second kappa shape index (κ2) is 8.09. The number of hydrogen-bond donors (Lipinski definition) is 1. The maximum atomic E-state index is 5.87. The topological polar surface area (TPSA) is 30.5 Å². The summed E-state index contributed by atoms with van der Waals surface area (Å²) in [5.74, 6) is 0.938. The van der Waals surface area contributed by atoms with E-state index >= 15 is 0 Å². The van der Waals surface area contributed by atoms with E-state index in [1.807, 2.05) is 19.2 Å². The van der Waals surface area contributed by atoms with Crippen LogP contribution in [0.25, 0.3) is 0 Å². The summed E-state index contributed by atoms with van der Waals surface area (Å²) in [4.78, 5) is 0. The maximum absolute atomic E-state index is 5.87. The average Bonchev–Trinajstić information content (AvgIpc) is 2.37. The third-order valence-corrected chi connectivity index (χ3v) is 2.71. The first-order chi connectivity index (χ1) is 8.30. The van der Waals surface area contributed by atoms with E-state index < -0.39 is 0 Å². The Balaban J connectivity index is 2.49. The Bertz CT molecular complexity index is 298. The van der Waals surface area contributed by atoms with Gasteiger partial charge in [0.2, 0.25) is 0 Å². The highest BCUT2D eigenvalue weighted by molar-refractivity contribution is 5.27. The Morgan fingerprint density at radius 2 is 1.94 bits per heavy atom. The second-order valence-electron chi connectivity index (χ2n) is 4.09. The quantitative estimate of drug-likeness (QED) is 0.752. The fourth-order valence-corrected chi connectivity index (χ4v) is 1.64. The van der Waals surface area contributed by atoms with Crippen LogP contribution in [0.4, 0.5) is 0 Å². The van der Waals surface area contributed by atoms with Gasteiger partial charge >= 0.3 is 0 Å². The molecule has 0 aliphatic rings. The van der Waals surface area contributed by atoms with Crippen molar-refractivity contribution >= 4 is 0 Å². The Kier molecular flexibility index (Phi) is 6.67. The lowest BCUT2D eigenvalue weighted by Crippen LogP contribution is -2.28. The number of benzene rings is 1. The van der Waals surface area contributed by atoms with Crippen LogP contribution in [0.2, 0.25) is 0 Å². The van der Waals surface area contributed by atoms with E-state index in [2.05, 4.69) is 24.4 Å². The van der Waals surface area contributed by atoms with Crippen LogP contribution in [-0.4, -0.2) is 33.4 Å². The van der Waals surface area contributed by atoms with Crippen LogP contribution in [0.3, 0.4) is 0 Å². The second-order valence-corrected chi connectivity index (χ2v) is 4.09. The van der Waals surface area contributed by atoms with Crippen molar-refractivity contribution in [2.45, 2.75) is 25.9 Å². The molecular weight excluding hydrogens is 214 g/mol. The van der Waals surface area contributed by atoms with Gasteiger partial charge in [0, 0.05) is 13.7 Å². The minimum atomic E-state index is 0.241. The van der Waals surface area contributed by atoms with Crippen molar-refractivity contribution in [1.82, 2.24) is 5.32 Å². The zero-order chi connectivity index (χ0) is 12.5. The molecule has 0 aromatic heterocycles. The third kappa shape index (κ3) is 5.20. The minimum absolute atomic E-state index is 0.241. The van der Waals surface area contributed by atoms with E-state index in [-0.39, 0.29) is 6.10 Å². The number of rotatable bonds is 8. The molecule has 0 aliphatic heterocycles. The number of ether oxygens (including phenoxy) is 2. The molecule has 0 aliphatic carbocycles. The lowest BCUT2D eigenvalue weighted by Gasteiger charge is -2.17. The van der Waals surface area contributed by atoms with Crippen molar-refractivity contribution in [3.05, 3.63) is 29.8 Å². The molecular formula is C14H23NO2. The van der Waals surface area contributed by atoms with Crippen LogP contribution in [0, 0.1) is 0 Å². The fraction of sp³-hybridized carbons (Fsp3) is 0.571. The molecule has 1 aromatic carbocycles. The van der Waals surface area contributed by atoms with Crippen molar-refractivity contribution in [2.75, 3.05) is 27.3 Å². The van der Waals surface area contributed by atoms with Crippen LogP contribution >= 0.6 is 0 Å². The van der Waals surface area contributed by atoms with Gasteiger partial charge in [-0.1, -0.05) is 19.1 Å². The molecule has 0 radical (unpaired) electrons. The lowest BCUT2D eigenvalue weighted by atomic mass is 10.1. The summed E-state index contributed by atoms with van der Waals surface area (Å²) in [5, 5.41) is 3.14. The van der Waals surface area contributed by atoms with E-state index in [1.54, 1.807) is 7.11 Å². The molecule has 96 valence electrons. The monoisotopic (exact) mass is 237 g/mol. The highest BCUT2D eigenvalue weighted by atomic mass is 16.5. The zero-order valence-electron chi connectivity index (χ0n) is 11.0. The first-order valence-electron chi connectivity index (χ1n) is 6.19. The summed E-state index contributed by atoms with van der Waals surface area (Å²) < 4.78 is 10.9. The molecule has 3 heteroatoms. The largest absolute Gasteiger partial charge is 0.489 e. The number of likely N-dealkylation sites (N-methyl/N-ethyl adjacent to an activating group) is 1. The summed E-state index contributed by atoms with van der Waals surface area (Å²) in [6, 6.07) is 8.26. The number of hydrogen-bond acceptors (Lipinski definition) is 3. The summed E-state index contributed by atoms with van der Waals surface area (Å²) >= 11 is 0. The van der Waals surface area contributed by atoms with Gasteiger partial charge in [-0.25, -0.2) is 0 Å². The van der Waals surface area contributed by atoms with E-state index in [0.29, 0.717) is 0 Å². The summed E-state index contributed by atoms with van der Waals surface area (Å²) in [6.07, 6.45) is 2.20. The summed E-state index contributed by atoms with van der Waals surface area (Å²) in [5.41, 5.74) is 1.28. The van der Waals surface area contributed by atoms with Gasteiger partial charge in [-0.2, -0.15) is 0 Å². The average molecular weight is 237 g/mol. The Morgan fingerprint density at radius 3 is 2.47 bits per heavy atom. The van der Waals surface area contributed by atoms with Gasteiger partial charge in [-0.05, 0) is 37.6 Å². The van der Waals surface area contributed by atoms with E-state index in [1.165, 1.54) is 5.56 Å². The van der Waals surface area contributed by atoms with Gasteiger partial charge < -0.3 is 14.8 Å². The van der Waals surface area contributed by atoms with Gasteiger partial charge in [0.1, 0.15) is 11.9 Å². The van der Waals surface area contributed by atoms with Crippen molar-refractivity contribution in [3.63, 3.8) is 0 Å². The lowest BCUT2D eigenvalue weighted by molar-refractivity contribution is 0.196. The molecule has 0 bridgehead atoms. The van der Waals surface area contributed by atoms with E-state index in [0.717, 1.165) is 31.7 Å². The first-order valence-corrected chi connectivity index (χ1v) is 6.19. The maximum Gasteiger partial charge on any atom is 0.119 e. The predicted molar refractivity (Wildman–Crippen MR) is 70.7 cm³/mol. The van der Waals surface area contributed by atoms with Gasteiger partial charge in [0.05, 0.1) is 6.61 Å². The highest BCUT2D eigenvalue weighted by Gasteiger charge is 2.06. The van der Waals surface area contributed by atoms with Gasteiger partial charge in [0.25, 0.3) is 0 Å². The van der Waals surface area contributed by atoms with Crippen molar-refractivity contribution < 1.29 is 9.47 Å². The summed E-state index contributed by atoms with van der Waals surface area (Å²) in [7, 11) is 3.67. The summed E-state index contributed by atoms with van der Waals surface area (Å²) in [6.45, 7) is 3.77. The SMILES string of the molecule is CCC(CNC)Oc1ccc(CCOC)cc1. The van der Waals surface area contributed by atoms with Crippen LogP contribution in [-0.2, 0) is 11.2 Å². The highest BCUT2D eigenvalue weighted by Crippen LogP contribution is 2.15. The molecule has 1 N–H and O–H groups in total. The molecule has 0 saturated heterocycles. The minimum Gasteiger partial charge on any atom is -0.489 e. The standard InChI is InChI=1S/C14H23NO2/c1-4-13(11-15-2)17-14-7-5-12(6-8-14)9-10-16-3/h5-8,13,15H,4,9-11H2,1-3H3. The molecule has 3 nitrogen and oxygen atoms in total. The third-order valence-electron chi connectivity index (χ3n) is 2.71. The normalized spacial score (nSPS) is 12.4. The Morgan fingerprint density at radius 1 is 1.24 bits per heavy atom. The molecule has 1 aromatic rings. The molecule has 1 rings (SSSR count). The van der Waals surface area contributed by atoms with Gasteiger partial charge in [0.15, 0.2) is 0 Å². The van der Waals surface area contributed by atoms with E-state index in [9.17, 15) is 0 Å². The number of nitrogens with one attached hydrogen (secondary N) is 1. The molecule has 0 heterocycles. The fourth-order valence-electron chi connectivity index (χ4n) is 1.64. The van der Waals surface area contributed by atoms with Crippen LogP contribution in [0.5, 0.6) is 5.75 Å². The zero-order valence-corrected chi connectivity index (χ0v) is 11.0. The van der Waals surface area contributed by atoms with Gasteiger partial charge in [-0.3, -0.25) is 0 Å². The van der Waals surface area contributed by atoms with Crippen molar-refractivity contribution in [3.8, 4) is 5.75 Å². The molecule has 0 amide bonds. The first kappa shape index (κ1) is 14.0. The van der Waals surface area contributed by atoms with Crippen LogP contribution in [0.15, 0.2) is 24.3 Å². The van der Waals surface area contributed by atoms with Crippen molar-refractivity contribution in [1.29, 1.82) is 0 Å². The number of methoxy groups -OCH3 is 1. The Hall–Kier alpha value is -1.06. The molecule has 1 atom stereocenters. The molecule has 1 unspecified atom stereocenters. The van der Waals surface area contributed by atoms with Crippen LogP contribution in [0.1, 0.15) is 18.9 Å². The predicted octanol–water partition coefficient (Wildman–Crippen LogP) is 2.25. The smallest absolute Gasteiger partial charge is 0.119 e. The molecule has 17 heavy (non-hydrogen) atoms. The van der Waals surface area contributed by atoms with Crippen molar-refractivity contribution in [2.24, 2.45) is 0 Å². The molecule has 0 spiro atoms. The molecule has 0 fully saturated rings. The van der Waals surface area contributed by atoms with Gasteiger partial charge in [-0.15, -0.1) is 0 Å². The van der Waals surface area contributed by atoms with Crippen LogP contribution < -0.4 is 10.1 Å².